The van der Waals surface area contributed by atoms with Crippen LogP contribution in [0.3, 0.4) is 0 Å². The molecule has 1 fully saturated rings. The van der Waals surface area contributed by atoms with Crippen molar-refractivity contribution in [3.63, 3.8) is 0 Å². The van der Waals surface area contributed by atoms with E-state index in [1.165, 1.54) is 0 Å². The lowest BCUT2D eigenvalue weighted by atomic mass is 10.1. The van der Waals surface area contributed by atoms with Gasteiger partial charge in [0.2, 0.25) is 5.88 Å². The highest BCUT2D eigenvalue weighted by atomic mass is 32.2. The number of guanidine groups is 1. The van der Waals surface area contributed by atoms with Crippen molar-refractivity contribution in [3.05, 3.63) is 23.9 Å². The molecule has 1 aromatic rings. The minimum absolute atomic E-state index is 0.112. The maximum absolute atomic E-state index is 12.2. The quantitative estimate of drug-likeness (QED) is 0.573. The molecule has 158 valence electrons. The van der Waals surface area contributed by atoms with E-state index in [0.29, 0.717) is 37.4 Å². The van der Waals surface area contributed by atoms with Gasteiger partial charge in [0, 0.05) is 38.9 Å². The predicted molar refractivity (Wildman–Crippen MR) is 113 cm³/mol. The average Bonchev–Trinajstić information content (AvgIpc) is 2.58. The van der Waals surface area contributed by atoms with Crippen molar-refractivity contribution in [2.75, 3.05) is 25.9 Å². The Morgan fingerprint density at radius 3 is 2.71 bits per heavy atom. The van der Waals surface area contributed by atoms with Gasteiger partial charge in [-0.05, 0) is 44.7 Å². The van der Waals surface area contributed by atoms with Gasteiger partial charge in [-0.1, -0.05) is 13.8 Å². The summed E-state index contributed by atoms with van der Waals surface area (Å²) in [5, 5.41) is 3.33. The molecule has 1 atom stereocenters. The molecular formula is C20H34N4O3S. The largest absolute Gasteiger partial charge is 0.475 e. The number of nitrogens with one attached hydrogen (secondary N) is 1. The monoisotopic (exact) mass is 410 g/mol. The number of sulfone groups is 1. The third-order valence-electron chi connectivity index (χ3n) is 4.93. The summed E-state index contributed by atoms with van der Waals surface area (Å²) in [7, 11) is -1.36. The molecule has 1 aliphatic heterocycles. The molecule has 0 bridgehead atoms. The van der Waals surface area contributed by atoms with E-state index < -0.39 is 14.6 Å². The third kappa shape index (κ3) is 5.83. The van der Waals surface area contributed by atoms with E-state index in [9.17, 15) is 8.42 Å². The predicted octanol–water partition coefficient (Wildman–Crippen LogP) is 2.48. The summed E-state index contributed by atoms with van der Waals surface area (Å²) in [6.45, 7) is 11.4. The number of nitrogens with zero attached hydrogens (tertiary/aromatic N) is 3. The van der Waals surface area contributed by atoms with Crippen LogP contribution in [0.1, 0.15) is 46.6 Å². The highest BCUT2D eigenvalue weighted by Crippen LogP contribution is 2.23. The van der Waals surface area contributed by atoms with Gasteiger partial charge >= 0.3 is 0 Å². The zero-order valence-corrected chi connectivity index (χ0v) is 18.7. The molecule has 1 unspecified atom stereocenters. The second-order valence-corrected chi connectivity index (χ2v) is 11.2. The molecule has 1 aliphatic rings. The standard InChI is InChI=1S/C20H34N4O3S/c1-15(2)11-16(3)27-18-12-17(7-8-22-18)13-23-19(21-6)24-9-10-28(25,26)20(4,5)14-24/h7-8,12,15-16H,9-11,13-14H2,1-6H3,(H,21,23). The zero-order chi connectivity index (χ0) is 20.9. The van der Waals surface area contributed by atoms with E-state index in [-0.39, 0.29) is 11.9 Å². The van der Waals surface area contributed by atoms with Gasteiger partial charge in [0.05, 0.1) is 16.6 Å². The molecular weight excluding hydrogens is 376 g/mol. The summed E-state index contributed by atoms with van der Waals surface area (Å²) >= 11 is 0. The molecule has 0 aliphatic carbocycles. The smallest absolute Gasteiger partial charge is 0.213 e. The Bertz CT molecular complexity index is 790. The Balaban J connectivity index is 1.98. The van der Waals surface area contributed by atoms with E-state index in [2.05, 4.69) is 36.1 Å². The Labute approximate surface area is 169 Å². The van der Waals surface area contributed by atoms with Gasteiger partial charge < -0.3 is 15.0 Å². The molecule has 28 heavy (non-hydrogen) atoms. The first-order valence-corrected chi connectivity index (χ1v) is 11.5. The van der Waals surface area contributed by atoms with Crippen LogP contribution >= 0.6 is 0 Å². The number of hydrogen-bond acceptors (Lipinski definition) is 5. The van der Waals surface area contributed by atoms with E-state index in [4.69, 9.17) is 4.74 Å². The van der Waals surface area contributed by atoms with Crippen molar-refractivity contribution in [1.29, 1.82) is 0 Å². The first-order chi connectivity index (χ1) is 13.0. The molecule has 2 rings (SSSR count). The Kier molecular flexibility index (Phi) is 7.31. The van der Waals surface area contributed by atoms with Gasteiger partial charge in [0.1, 0.15) is 0 Å². The molecule has 7 nitrogen and oxygen atoms in total. The molecule has 0 saturated carbocycles. The van der Waals surface area contributed by atoms with Crippen molar-refractivity contribution in [1.82, 2.24) is 15.2 Å². The molecule has 8 heteroatoms. The third-order valence-corrected chi connectivity index (χ3v) is 7.46. The van der Waals surface area contributed by atoms with Crippen LogP contribution in [0.4, 0.5) is 0 Å². The van der Waals surface area contributed by atoms with E-state index in [1.807, 2.05) is 17.0 Å². The minimum Gasteiger partial charge on any atom is -0.475 e. The maximum Gasteiger partial charge on any atom is 0.213 e. The van der Waals surface area contributed by atoms with Gasteiger partial charge in [-0.15, -0.1) is 0 Å². The number of ether oxygens (including phenoxy) is 1. The molecule has 0 aromatic carbocycles. The van der Waals surface area contributed by atoms with Crippen LogP contribution in [0.2, 0.25) is 0 Å². The summed E-state index contributed by atoms with van der Waals surface area (Å²) in [6, 6.07) is 3.87. The Morgan fingerprint density at radius 2 is 2.11 bits per heavy atom. The molecule has 2 heterocycles. The fraction of sp³-hybridized carbons (Fsp3) is 0.700. The van der Waals surface area contributed by atoms with Crippen molar-refractivity contribution >= 4 is 15.8 Å². The zero-order valence-electron chi connectivity index (χ0n) is 17.9. The first kappa shape index (κ1) is 22.5. The highest BCUT2D eigenvalue weighted by Gasteiger charge is 2.40. The van der Waals surface area contributed by atoms with Crippen LogP contribution in [-0.2, 0) is 16.4 Å². The maximum atomic E-state index is 12.2. The summed E-state index contributed by atoms with van der Waals surface area (Å²) in [4.78, 5) is 10.6. The van der Waals surface area contributed by atoms with Gasteiger partial charge in [0.15, 0.2) is 15.8 Å². The van der Waals surface area contributed by atoms with Crippen LogP contribution < -0.4 is 10.1 Å². The lowest BCUT2D eigenvalue weighted by Crippen LogP contribution is -2.57. The molecule has 1 saturated heterocycles. The topological polar surface area (TPSA) is 83.9 Å². The molecule has 0 amide bonds. The lowest BCUT2D eigenvalue weighted by Gasteiger charge is -2.39. The number of aliphatic imine (C=N–C) groups is 1. The van der Waals surface area contributed by atoms with Gasteiger partial charge in [-0.3, -0.25) is 4.99 Å². The van der Waals surface area contributed by atoms with Crippen LogP contribution in [0, 0.1) is 5.92 Å². The summed E-state index contributed by atoms with van der Waals surface area (Å²) in [5.41, 5.74) is 1.03. The van der Waals surface area contributed by atoms with Crippen molar-refractivity contribution in [3.8, 4) is 5.88 Å². The SMILES string of the molecule is CN=C(NCc1ccnc(OC(C)CC(C)C)c1)N1CCS(=O)(=O)C(C)(C)C1. The molecule has 0 spiro atoms. The van der Waals surface area contributed by atoms with Crippen LogP contribution in [-0.4, -0.2) is 61.0 Å². The molecule has 1 aromatic heterocycles. The summed E-state index contributed by atoms with van der Waals surface area (Å²) in [5.74, 6) is 2.03. The molecule has 0 radical (unpaired) electrons. The van der Waals surface area contributed by atoms with Crippen LogP contribution in [0.5, 0.6) is 5.88 Å². The lowest BCUT2D eigenvalue weighted by molar-refractivity contribution is 0.185. The fourth-order valence-electron chi connectivity index (χ4n) is 3.38. The summed E-state index contributed by atoms with van der Waals surface area (Å²) < 4.78 is 29.6. The van der Waals surface area contributed by atoms with E-state index in [0.717, 1.165) is 12.0 Å². The Morgan fingerprint density at radius 1 is 1.39 bits per heavy atom. The Hall–Kier alpha value is -1.83. The van der Waals surface area contributed by atoms with Gasteiger partial charge in [-0.2, -0.15) is 0 Å². The van der Waals surface area contributed by atoms with Crippen molar-refractivity contribution in [2.45, 2.75) is 58.4 Å². The van der Waals surface area contributed by atoms with Crippen molar-refractivity contribution < 1.29 is 13.2 Å². The number of rotatable bonds is 6. The van der Waals surface area contributed by atoms with Crippen LogP contribution in [0.25, 0.3) is 0 Å². The summed E-state index contributed by atoms with van der Waals surface area (Å²) in [6.07, 6.45) is 2.83. The van der Waals surface area contributed by atoms with Crippen LogP contribution in [0.15, 0.2) is 23.3 Å². The minimum atomic E-state index is -3.08. The second kappa shape index (κ2) is 9.11. The average molecular weight is 411 g/mol. The van der Waals surface area contributed by atoms with E-state index >= 15 is 0 Å². The molecule has 1 N–H and O–H groups in total. The number of aromatic nitrogens is 1. The normalized spacial score (nSPS) is 20.1. The fourth-order valence-corrected chi connectivity index (χ4v) is 4.75. The first-order valence-electron chi connectivity index (χ1n) is 9.83. The van der Waals surface area contributed by atoms with E-state index in [1.54, 1.807) is 27.1 Å². The highest BCUT2D eigenvalue weighted by molar-refractivity contribution is 7.92. The van der Waals surface area contributed by atoms with Crippen molar-refractivity contribution in [2.24, 2.45) is 10.9 Å². The number of hydrogen-bond donors (Lipinski definition) is 1. The second-order valence-electron chi connectivity index (χ2n) is 8.46. The van der Waals surface area contributed by atoms with Gasteiger partial charge in [-0.25, -0.2) is 13.4 Å². The number of pyridine rings is 1. The van der Waals surface area contributed by atoms with Gasteiger partial charge in [0.25, 0.3) is 0 Å².